The first kappa shape index (κ1) is 16.4. The quantitative estimate of drug-likeness (QED) is 0.816. The van der Waals surface area contributed by atoms with Gasteiger partial charge in [0.15, 0.2) is 0 Å². The monoisotopic (exact) mass is 332 g/mol. The lowest BCUT2D eigenvalue weighted by molar-refractivity contribution is 0.495. The van der Waals surface area contributed by atoms with Gasteiger partial charge in [0.2, 0.25) is 20.0 Å². The molecule has 0 aliphatic heterocycles. The minimum Gasteiger partial charge on any atom is -0.225 e. The molecule has 0 amide bonds. The van der Waals surface area contributed by atoms with Crippen LogP contribution in [0.2, 0.25) is 0 Å². The van der Waals surface area contributed by atoms with E-state index >= 15 is 0 Å². The van der Waals surface area contributed by atoms with Crippen LogP contribution in [0.3, 0.4) is 0 Å². The number of hydrogen-bond donors (Lipinski definition) is 2. The maximum Gasteiger partial charge on any atom is 0.241 e. The molecule has 6 nitrogen and oxygen atoms in total. The Kier molecular flexibility index (Phi) is 5.03. The van der Waals surface area contributed by atoms with Crippen LogP contribution in [0.5, 0.6) is 0 Å². The Morgan fingerprint density at radius 2 is 1.62 bits per heavy atom. The van der Waals surface area contributed by atoms with Gasteiger partial charge in [0.05, 0.1) is 0 Å². The zero-order valence-corrected chi connectivity index (χ0v) is 13.3. The van der Waals surface area contributed by atoms with Gasteiger partial charge in [0.25, 0.3) is 0 Å². The van der Waals surface area contributed by atoms with Crippen LogP contribution >= 0.6 is 0 Å². The second-order valence-corrected chi connectivity index (χ2v) is 8.59. The molecule has 21 heavy (non-hydrogen) atoms. The summed E-state index contributed by atoms with van der Waals surface area (Å²) in [6.07, 6.45) is 5.44. The van der Waals surface area contributed by atoms with E-state index in [1.54, 1.807) is 0 Å². The summed E-state index contributed by atoms with van der Waals surface area (Å²) in [5.41, 5.74) is 0. The van der Waals surface area contributed by atoms with Gasteiger partial charge in [-0.15, -0.1) is 0 Å². The molecule has 118 valence electrons. The third kappa shape index (κ3) is 4.26. The summed E-state index contributed by atoms with van der Waals surface area (Å²) >= 11 is 0. The van der Waals surface area contributed by atoms with Crippen molar-refractivity contribution < 1.29 is 16.8 Å². The van der Waals surface area contributed by atoms with E-state index in [1.807, 2.05) is 0 Å². The molecular weight excluding hydrogens is 312 g/mol. The molecule has 3 N–H and O–H groups in total. The van der Waals surface area contributed by atoms with Crippen molar-refractivity contribution in [3.63, 3.8) is 0 Å². The first-order valence-corrected chi connectivity index (χ1v) is 9.95. The Morgan fingerprint density at radius 3 is 2.19 bits per heavy atom. The molecule has 2 rings (SSSR count). The summed E-state index contributed by atoms with van der Waals surface area (Å²) in [5, 5.41) is 5.06. The topological polar surface area (TPSA) is 106 Å². The van der Waals surface area contributed by atoms with Crippen molar-refractivity contribution in [1.82, 2.24) is 4.72 Å². The highest BCUT2D eigenvalue weighted by Crippen LogP contribution is 2.27. The minimum absolute atomic E-state index is 0.293. The highest BCUT2D eigenvalue weighted by atomic mass is 32.2. The number of rotatable bonds is 6. The van der Waals surface area contributed by atoms with Crippen LogP contribution in [0.25, 0.3) is 0 Å². The maximum atomic E-state index is 12.2. The first-order valence-electron chi connectivity index (χ1n) is 6.92. The van der Waals surface area contributed by atoms with Crippen molar-refractivity contribution in [2.45, 2.75) is 41.9 Å². The third-order valence-corrected chi connectivity index (χ3v) is 6.38. The van der Waals surface area contributed by atoms with Gasteiger partial charge >= 0.3 is 0 Å². The Labute approximate surface area is 125 Å². The smallest absolute Gasteiger partial charge is 0.225 e. The molecule has 1 aromatic rings. The van der Waals surface area contributed by atoms with Crippen LogP contribution in [0, 0.1) is 5.92 Å². The molecule has 1 aliphatic rings. The summed E-state index contributed by atoms with van der Waals surface area (Å²) in [4.78, 5) is -0.669. The Balaban J connectivity index is 2.12. The van der Waals surface area contributed by atoms with Gasteiger partial charge in [0, 0.05) is 6.54 Å². The predicted octanol–water partition coefficient (Wildman–Crippen LogP) is 1.19. The Morgan fingerprint density at radius 1 is 1.05 bits per heavy atom. The first-order chi connectivity index (χ1) is 9.81. The van der Waals surface area contributed by atoms with Crippen molar-refractivity contribution >= 4 is 20.0 Å². The molecule has 0 aromatic heterocycles. The van der Waals surface area contributed by atoms with Gasteiger partial charge in [-0.05, 0) is 24.5 Å². The number of hydrogen-bond acceptors (Lipinski definition) is 4. The Hall–Kier alpha value is -0.960. The molecule has 0 radical (unpaired) electrons. The van der Waals surface area contributed by atoms with Gasteiger partial charge in [-0.2, -0.15) is 0 Å². The van der Waals surface area contributed by atoms with Gasteiger partial charge in [-0.3, -0.25) is 0 Å². The van der Waals surface area contributed by atoms with Crippen molar-refractivity contribution in [1.29, 1.82) is 0 Å². The molecular formula is C13H20N2O4S2. The molecule has 8 heteroatoms. The summed E-state index contributed by atoms with van der Waals surface area (Å²) in [6, 6.07) is 5.36. The molecule has 0 atom stereocenters. The molecule has 1 saturated carbocycles. The number of sulfonamides is 2. The fourth-order valence-electron chi connectivity index (χ4n) is 2.68. The van der Waals surface area contributed by atoms with Crippen molar-refractivity contribution in [3.05, 3.63) is 24.3 Å². The summed E-state index contributed by atoms with van der Waals surface area (Å²) in [7, 11) is -7.95. The molecule has 1 aromatic carbocycles. The van der Waals surface area contributed by atoms with Crippen LogP contribution in [0.15, 0.2) is 34.1 Å². The van der Waals surface area contributed by atoms with Crippen molar-refractivity contribution in [3.8, 4) is 0 Å². The minimum atomic E-state index is -4.08. The lowest BCUT2D eigenvalue weighted by Crippen LogP contribution is -2.28. The average Bonchev–Trinajstić information content (AvgIpc) is 2.91. The van der Waals surface area contributed by atoms with Crippen molar-refractivity contribution in [2.24, 2.45) is 11.1 Å². The van der Waals surface area contributed by atoms with Crippen LogP contribution in [0.1, 0.15) is 32.1 Å². The highest BCUT2D eigenvalue weighted by molar-refractivity contribution is 7.92. The molecule has 0 saturated heterocycles. The second-order valence-electron chi connectivity index (χ2n) is 5.33. The molecule has 0 spiro atoms. The van der Waals surface area contributed by atoms with Crippen LogP contribution < -0.4 is 9.86 Å². The average molecular weight is 332 g/mol. The molecule has 0 unspecified atom stereocenters. The fraction of sp³-hybridized carbons (Fsp3) is 0.538. The second kappa shape index (κ2) is 6.43. The normalized spacial score (nSPS) is 17.2. The predicted molar refractivity (Wildman–Crippen MR) is 79.6 cm³/mol. The number of nitrogens with one attached hydrogen (secondary N) is 1. The largest absolute Gasteiger partial charge is 0.241 e. The zero-order chi connectivity index (χ0) is 15.5. The molecule has 1 fully saturated rings. The highest BCUT2D eigenvalue weighted by Gasteiger charge is 2.24. The summed E-state index contributed by atoms with van der Waals surface area (Å²) < 4.78 is 49.9. The van der Waals surface area contributed by atoms with Crippen LogP contribution in [-0.2, 0) is 20.0 Å². The van der Waals surface area contributed by atoms with Crippen LogP contribution in [0.4, 0.5) is 0 Å². The van der Waals surface area contributed by atoms with E-state index in [0.717, 1.165) is 19.3 Å². The number of benzene rings is 1. The standard InChI is InChI=1S/C13H20N2O4S2/c14-20(16,17)12-7-3-4-8-13(12)21(18,19)15-10-9-11-5-1-2-6-11/h3-4,7-8,11,15H,1-2,5-6,9-10H2,(H2,14,16,17). The van der Waals surface area contributed by atoms with Gasteiger partial charge in [0.1, 0.15) is 9.79 Å². The number of nitrogens with two attached hydrogens (primary N) is 1. The molecule has 0 bridgehead atoms. The van der Waals surface area contributed by atoms with Gasteiger partial charge < -0.3 is 0 Å². The lowest BCUT2D eigenvalue weighted by atomic mass is 10.1. The van der Waals surface area contributed by atoms with Crippen molar-refractivity contribution in [2.75, 3.05) is 6.54 Å². The van der Waals surface area contributed by atoms with E-state index in [4.69, 9.17) is 5.14 Å². The van der Waals surface area contributed by atoms with E-state index < -0.39 is 20.0 Å². The SMILES string of the molecule is NS(=O)(=O)c1ccccc1S(=O)(=O)NCCC1CCCC1. The molecule has 0 heterocycles. The molecule has 1 aliphatic carbocycles. The van der Waals surface area contributed by atoms with Gasteiger partial charge in [-0.25, -0.2) is 26.7 Å². The van der Waals surface area contributed by atoms with E-state index in [-0.39, 0.29) is 9.79 Å². The fourth-order valence-corrected chi connectivity index (χ4v) is 5.11. The lowest BCUT2D eigenvalue weighted by Gasteiger charge is -2.12. The summed E-state index contributed by atoms with van der Waals surface area (Å²) in [6.45, 7) is 0.311. The summed E-state index contributed by atoms with van der Waals surface area (Å²) in [5.74, 6) is 0.557. The van der Waals surface area contributed by atoms with E-state index in [2.05, 4.69) is 4.72 Å². The van der Waals surface area contributed by atoms with E-state index in [1.165, 1.54) is 37.1 Å². The maximum absolute atomic E-state index is 12.2. The van der Waals surface area contributed by atoms with Crippen LogP contribution in [-0.4, -0.2) is 23.4 Å². The van der Waals surface area contributed by atoms with Gasteiger partial charge in [-0.1, -0.05) is 37.8 Å². The third-order valence-electron chi connectivity index (χ3n) is 3.76. The zero-order valence-electron chi connectivity index (χ0n) is 11.7. The Bertz CT molecular complexity index is 693. The van der Waals surface area contributed by atoms with E-state index in [9.17, 15) is 16.8 Å². The number of primary sulfonamides is 1. The van der Waals surface area contributed by atoms with E-state index in [0.29, 0.717) is 12.5 Å².